The monoisotopic (exact) mass is 359 g/mol. The number of aromatic nitrogens is 2. The summed E-state index contributed by atoms with van der Waals surface area (Å²) in [6, 6.07) is 11.8. The van der Waals surface area contributed by atoms with Crippen LogP contribution in [-0.2, 0) is 12.8 Å². The highest BCUT2D eigenvalue weighted by atomic mass is 79.9. The Kier molecular flexibility index (Phi) is 3.94. The highest BCUT2D eigenvalue weighted by Gasteiger charge is 2.24. The van der Waals surface area contributed by atoms with Crippen LogP contribution < -0.4 is 0 Å². The van der Waals surface area contributed by atoms with Crippen molar-refractivity contribution >= 4 is 32.7 Å². The van der Waals surface area contributed by atoms with Crippen molar-refractivity contribution in [1.29, 1.82) is 0 Å². The molecule has 0 radical (unpaired) electrons. The van der Waals surface area contributed by atoms with Gasteiger partial charge in [-0.2, -0.15) is 0 Å². The van der Waals surface area contributed by atoms with Gasteiger partial charge in [-0.3, -0.25) is 10.1 Å². The molecule has 0 spiro atoms. The van der Waals surface area contributed by atoms with Gasteiger partial charge in [0, 0.05) is 10.0 Å². The second-order valence-corrected chi connectivity index (χ2v) is 6.00. The predicted molar refractivity (Wildman–Crippen MR) is 89.0 cm³/mol. The summed E-state index contributed by atoms with van der Waals surface area (Å²) in [5.74, 6) is 0.671. The van der Waals surface area contributed by atoms with E-state index in [1.165, 1.54) is 0 Å². The van der Waals surface area contributed by atoms with Crippen LogP contribution >= 0.6 is 15.9 Å². The molecule has 2 aromatic carbocycles. The van der Waals surface area contributed by atoms with Crippen molar-refractivity contribution in [2.45, 2.75) is 19.8 Å². The van der Waals surface area contributed by atoms with E-state index in [9.17, 15) is 10.1 Å². The third-order valence-corrected chi connectivity index (χ3v) is 4.32. The van der Waals surface area contributed by atoms with Crippen molar-refractivity contribution in [3.05, 3.63) is 67.9 Å². The number of hydrogen-bond donors (Lipinski definition) is 1. The largest absolute Gasteiger partial charge is 0.342 e. The maximum Gasteiger partial charge on any atom is 0.301 e. The number of nitrogens with zero attached hydrogens (tertiary/aromatic N) is 2. The Balaban J connectivity index is 2.05. The quantitative estimate of drug-likeness (QED) is 0.556. The van der Waals surface area contributed by atoms with Crippen LogP contribution in [-0.4, -0.2) is 14.9 Å². The molecule has 0 atom stereocenters. The average Bonchev–Trinajstić information content (AvgIpc) is 2.84. The Labute approximate surface area is 135 Å². The summed E-state index contributed by atoms with van der Waals surface area (Å²) in [6.07, 6.45) is 1.33. The van der Waals surface area contributed by atoms with Gasteiger partial charge in [0.2, 0.25) is 0 Å². The molecule has 0 saturated carbocycles. The summed E-state index contributed by atoms with van der Waals surface area (Å²) in [6.45, 7) is 1.79. The van der Waals surface area contributed by atoms with Crippen molar-refractivity contribution < 1.29 is 4.92 Å². The SMILES string of the molecule is Cc1nc2c([N+](=O)[O-])c(CCc3ccccc3)c(Br)cc2[nH]1. The molecule has 3 aromatic rings. The van der Waals surface area contributed by atoms with Crippen LogP contribution in [0.4, 0.5) is 5.69 Å². The fourth-order valence-electron chi connectivity index (χ4n) is 2.61. The van der Waals surface area contributed by atoms with Crippen LogP contribution in [0.25, 0.3) is 11.0 Å². The lowest BCUT2D eigenvalue weighted by Gasteiger charge is -2.07. The van der Waals surface area contributed by atoms with Crippen molar-refractivity contribution in [3.8, 4) is 0 Å². The summed E-state index contributed by atoms with van der Waals surface area (Å²) >= 11 is 3.47. The third-order valence-electron chi connectivity index (χ3n) is 3.61. The Morgan fingerprint density at radius 2 is 2.00 bits per heavy atom. The van der Waals surface area contributed by atoms with E-state index < -0.39 is 0 Å². The molecule has 1 heterocycles. The van der Waals surface area contributed by atoms with Gasteiger partial charge in [0.1, 0.15) is 5.82 Å². The summed E-state index contributed by atoms with van der Waals surface area (Å²) in [5, 5.41) is 11.5. The normalized spacial score (nSPS) is 11.0. The number of nitrogens with one attached hydrogen (secondary N) is 1. The number of hydrogen-bond acceptors (Lipinski definition) is 3. The molecule has 3 rings (SSSR count). The highest BCUT2D eigenvalue weighted by Crippen LogP contribution is 2.35. The lowest BCUT2D eigenvalue weighted by molar-refractivity contribution is -0.384. The first kappa shape index (κ1) is 14.7. The molecule has 112 valence electrons. The Hall–Kier alpha value is -2.21. The Morgan fingerprint density at radius 3 is 2.68 bits per heavy atom. The summed E-state index contributed by atoms with van der Waals surface area (Å²) in [7, 11) is 0. The van der Waals surface area contributed by atoms with Crippen LogP contribution in [0.5, 0.6) is 0 Å². The number of aryl methyl sites for hydroxylation is 2. The topological polar surface area (TPSA) is 71.8 Å². The molecular formula is C16H14BrN3O2. The zero-order valence-electron chi connectivity index (χ0n) is 12.0. The van der Waals surface area contributed by atoms with E-state index in [0.29, 0.717) is 28.8 Å². The maximum absolute atomic E-state index is 11.5. The summed E-state index contributed by atoms with van der Waals surface area (Å²) < 4.78 is 0.742. The number of H-pyrrole nitrogens is 1. The molecule has 0 amide bonds. The van der Waals surface area contributed by atoms with E-state index in [0.717, 1.165) is 16.5 Å². The van der Waals surface area contributed by atoms with Gasteiger partial charge in [-0.05, 0) is 31.4 Å². The first-order valence-corrected chi connectivity index (χ1v) is 7.71. The molecule has 0 saturated heterocycles. The maximum atomic E-state index is 11.5. The van der Waals surface area contributed by atoms with Gasteiger partial charge in [0.15, 0.2) is 5.52 Å². The minimum atomic E-state index is -0.340. The zero-order chi connectivity index (χ0) is 15.7. The lowest BCUT2D eigenvalue weighted by Crippen LogP contribution is -2.00. The number of rotatable bonds is 4. The molecule has 0 unspecified atom stereocenters. The van der Waals surface area contributed by atoms with Gasteiger partial charge >= 0.3 is 5.69 Å². The van der Waals surface area contributed by atoms with Gasteiger partial charge in [-0.15, -0.1) is 0 Å². The molecule has 5 nitrogen and oxygen atoms in total. The predicted octanol–water partition coefficient (Wildman–Crippen LogP) is 4.33. The fourth-order valence-corrected chi connectivity index (χ4v) is 3.23. The molecular weight excluding hydrogens is 346 g/mol. The average molecular weight is 360 g/mol. The van der Waals surface area contributed by atoms with E-state index >= 15 is 0 Å². The van der Waals surface area contributed by atoms with Crippen LogP contribution in [0, 0.1) is 17.0 Å². The minimum Gasteiger partial charge on any atom is -0.342 e. The second-order valence-electron chi connectivity index (χ2n) is 5.15. The van der Waals surface area contributed by atoms with Crippen molar-refractivity contribution in [3.63, 3.8) is 0 Å². The molecule has 1 N–H and O–H groups in total. The van der Waals surface area contributed by atoms with E-state index in [1.54, 1.807) is 6.92 Å². The molecule has 1 aromatic heterocycles. The number of benzene rings is 2. The Morgan fingerprint density at radius 1 is 1.27 bits per heavy atom. The fraction of sp³-hybridized carbons (Fsp3) is 0.188. The lowest BCUT2D eigenvalue weighted by atomic mass is 10.0. The molecule has 0 aliphatic rings. The van der Waals surface area contributed by atoms with Gasteiger partial charge in [0.05, 0.1) is 10.4 Å². The number of halogens is 1. The number of imidazole rings is 1. The van der Waals surface area contributed by atoms with Crippen molar-refractivity contribution in [1.82, 2.24) is 9.97 Å². The smallest absolute Gasteiger partial charge is 0.301 e. The standard InChI is InChI=1S/C16H14BrN3O2/c1-10-18-14-9-13(17)12(16(20(21)22)15(14)19-10)8-7-11-5-3-2-4-6-11/h2-6,9H,7-8H2,1H3,(H,18,19). The molecule has 0 fully saturated rings. The van der Waals surface area contributed by atoms with E-state index in [2.05, 4.69) is 25.9 Å². The van der Waals surface area contributed by atoms with Crippen LogP contribution in [0.2, 0.25) is 0 Å². The van der Waals surface area contributed by atoms with Crippen molar-refractivity contribution in [2.75, 3.05) is 0 Å². The first-order chi connectivity index (χ1) is 10.6. The first-order valence-electron chi connectivity index (χ1n) is 6.92. The number of aromatic amines is 1. The van der Waals surface area contributed by atoms with Crippen LogP contribution in [0.1, 0.15) is 17.0 Å². The number of nitro benzene ring substituents is 1. The minimum absolute atomic E-state index is 0.0876. The zero-order valence-corrected chi connectivity index (χ0v) is 13.6. The highest BCUT2D eigenvalue weighted by molar-refractivity contribution is 9.10. The van der Waals surface area contributed by atoms with Crippen LogP contribution in [0.3, 0.4) is 0 Å². The summed E-state index contributed by atoms with van der Waals surface area (Å²) in [4.78, 5) is 18.5. The number of fused-ring (bicyclic) bond motifs is 1. The number of nitro groups is 1. The van der Waals surface area contributed by atoms with Gasteiger partial charge in [-0.25, -0.2) is 4.98 Å². The molecule has 6 heteroatoms. The second kappa shape index (κ2) is 5.88. The van der Waals surface area contributed by atoms with E-state index in [1.807, 2.05) is 36.4 Å². The van der Waals surface area contributed by atoms with Crippen LogP contribution in [0.15, 0.2) is 40.9 Å². The Bertz CT molecular complexity index is 843. The van der Waals surface area contributed by atoms with E-state index in [-0.39, 0.29) is 10.6 Å². The molecule has 22 heavy (non-hydrogen) atoms. The molecule has 0 bridgehead atoms. The van der Waals surface area contributed by atoms with Gasteiger partial charge in [-0.1, -0.05) is 46.3 Å². The van der Waals surface area contributed by atoms with Crippen molar-refractivity contribution in [2.24, 2.45) is 0 Å². The molecule has 0 aliphatic carbocycles. The third kappa shape index (κ3) is 2.74. The van der Waals surface area contributed by atoms with Gasteiger partial charge in [0.25, 0.3) is 0 Å². The van der Waals surface area contributed by atoms with Gasteiger partial charge < -0.3 is 4.98 Å². The van der Waals surface area contributed by atoms with E-state index in [4.69, 9.17) is 0 Å². The molecule has 0 aliphatic heterocycles. The summed E-state index contributed by atoms with van der Waals surface area (Å²) in [5.41, 5.74) is 3.04.